The number of hydrogen-bond donors (Lipinski definition) is 0. The highest BCUT2D eigenvalue weighted by Crippen LogP contribution is 2.19. The lowest BCUT2D eigenvalue weighted by Crippen LogP contribution is -2.24. The highest BCUT2D eigenvalue weighted by atomic mass is 16.4. The van der Waals surface area contributed by atoms with E-state index in [1.165, 1.54) is 4.68 Å². The smallest absolute Gasteiger partial charge is 0.344 e. The average molecular weight is 304 g/mol. The van der Waals surface area contributed by atoms with Gasteiger partial charge in [-0.05, 0) is 11.6 Å². The molecule has 0 bridgehead atoms. The standard InChI is InChI=1S/C18H12N2O3/c21-17-16-15(13-8-4-5-9-14(13)18(22)23-16)10-19-20(17)11-12-6-2-1-3-7-12/h1-10H,11H2. The average Bonchev–Trinajstić information content (AvgIpc) is 2.59. The molecule has 23 heavy (non-hydrogen) atoms. The molecule has 5 heteroatoms. The van der Waals surface area contributed by atoms with Gasteiger partial charge >= 0.3 is 11.2 Å². The van der Waals surface area contributed by atoms with Gasteiger partial charge in [0.1, 0.15) is 0 Å². The van der Waals surface area contributed by atoms with Gasteiger partial charge in [0, 0.05) is 5.39 Å². The predicted octanol–water partition coefficient (Wildman–Crippen LogP) is 2.55. The number of aromatic nitrogens is 2. The summed E-state index contributed by atoms with van der Waals surface area (Å²) < 4.78 is 6.56. The minimum atomic E-state index is -0.511. The van der Waals surface area contributed by atoms with E-state index in [4.69, 9.17) is 4.42 Å². The molecule has 0 aliphatic heterocycles. The molecule has 0 N–H and O–H groups in total. The van der Waals surface area contributed by atoms with Gasteiger partial charge in [0.05, 0.1) is 23.5 Å². The molecule has 2 heterocycles. The molecule has 4 rings (SSSR count). The van der Waals surface area contributed by atoms with Gasteiger partial charge in [0.15, 0.2) is 0 Å². The van der Waals surface area contributed by atoms with Crippen molar-refractivity contribution in [2.75, 3.05) is 0 Å². The first kappa shape index (κ1) is 13.5. The fraction of sp³-hybridized carbons (Fsp3) is 0.0556. The van der Waals surface area contributed by atoms with Crippen LogP contribution in [0.3, 0.4) is 0 Å². The molecule has 2 aromatic heterocycles. The molecule has 0 saturated carbocycles. The van der Waals surface area contributed by atoms with Crippen LogP contribution in [-0.4, -0.2) is 9.78 Å². The van der Waals surface area contributed by atoms with Crippen LogP contribution < -0.4 is 11.2 Å². The second-order valence-electron chi connectivity index (χ2n) is 5.27. The SMILES string of the molecule is O=c1oc2c(=O)n(Cc3ccccc3)ncc2c2ccccc12. The van der Waals surface area contributed by atoms with Crippen LogP contribution in [0.25, 0.3) is 21.7 Å². The third kappa shape index (κ3) is 2.23. The van der Waals surface area contributed by atoms with Crippen LogP contribution in [0.15, 0.2) is 74.8 Å². The zero-order valence-corrected chi connectivity index (χ0v) is 12.1. The Morgan fingerprint density at radius 1 is 0.870 bits per heavy atom. The van der Waals surface area contributed by atoms with Gasteiger partial charge in [0.2, 0.25) is 5.58 Å². The van der Waals surface area contributed by atoms with Gasteiger partial charge in [-0.2, -0.15) is 5.10 Å². The number of fused-ring (bicyclic) bond motifs is 3. The summed E-state index contributed by atoms with van der Waals surface area (Å²) in [5, 5.41) is 5.90. The quantitative estimate of drug-likeness (QED) is 0.534. The summed E-state index contributed by atoms with van der Waals surface area (Å²) >= 11 is 0. The molecule has 0 spiro atoms. The van der Waals surface area contributed by atoms with Gasteiger partial charge in [-0.1, -0.05) is 48.5 Å². The molecule has 0 aliphatic carbocycles. The Morgan fingerprint density at radius 3 is 2.35 bits per heavy atom. The number of nitrogens with zero attached hydrogens (tertiary/aromatic N) is 2. The summed E-state index contributed by atoms with van der Waals surface area (Å²) in [6, 6.07) is 16.6. The van der Waals surface area contributed by atoms with E-state index in [1.54, 1.807) is 24.4 Å². The molecular weight excluding hydrogens is 292 g/mol. The number of hydrogen-bond acceptors (Lipinski definition) is 4. The summed E-state index contributed by atoms with van der Waals surface area (Å²) in [7, 11) is 0. The zero-order valence-electron chi connectivity index (χ0n) is 12.1. The lowest BCUT2D eigenvalue weighted by Gasteiger charge is -2.06. The molecule has 5 nitrogen and oxygen atoms in total. The van der Waals surface area contributed by atoms with Crippen molar-refractivity contribution in [1.29, 1.82) is 0 Å². The minimum Gasteiger partial charge on any atom is -0.416 e. The van der Waals surface area contributed by atoms with Crippen LogP contribution in [0.2, 0.25) is 0 Å². The van der Waals surface area contributed by atoms with Crippen LogP contribution in [0.4, 0.5) is 0 Å². The summed E-state index contributed by atoms with van der Waals surface area (Å²) in [5.74, 6) is 0. The zero-order chi connectivity index (χ0) is 15.8. The van der Waals surface area contributed by atoms with E-state index in [0.717, 1.165) is 5.56 Å². The Morgan fingerprint density at radius 2 is 1.57 bits per heavy atom. The Bertz CT molecular complexity index is 1130. The van der Waals surface area contributed by atoms with E-state index >= 15 is 0 Å². The second-order valence-corrected chi connectivity index (χ2v) is 5.27. The van der Waals surface area contributed by atoms with Gasteiger partial charge in [0.25, 0.3) is 0 Å². The van der Waals surface area contributed by atoms with E-state index in [0.29, 0.717) is 22.7 Å². The van der Waals surface area contributed by atoms with Crippen LogP contribution in [0.5, 0.6) is 0 Å². The highest BCUT2D eigenvalue weighted by Gasteiger charge is 2.12. The Labute approximate surface area is 130 Å². The van der Waals surface area contributed by atoms with Gasteiger partial charge < -0.3 is 4.42 Å². The van der Waals surface area contributed by atoms with Crippen LogP contribution in [0, 0.1) is 0 Å². The topological polar surface area (TPSA) is 65.1 Å². The van der Waals surface area contributed by atoms with Gasteiger partial charge in [-0.15, -0.1) is 0 Å². The number of rotatable bonds is 2. The Hall–Kier alpha value is -3.21. The van der Waals surface area contributed by atoms with Crippen LogP contribution >= 0.6 is 0 Å². The van der Waals surface area contributed by atoms with Gasteiger partial charge in [-0.3, -0.25) is 4.79 Å². The first-order chi connectivity index (χ1) is 11.2. The van der Waals surface area contributed by atoms with E-state index < -0.39 is 11.2 Å². The van der Waals surface area contributed by atoms with Crippen LogP contribution in [0.1, 0.15) is 5.56 Å². The normalized spacial score (nSPS) is 11.1. The lowest BCUT2D eigenvalue weighted by atomic mass is 10.1. The highest BCUT2D eigenvalue weighted by molar-refractivity contribution is 6.03. The summed E-state index contributed by atoms with van der Waals surface area (Å²) in [4.78, 5) is 24.7. The van der Waals surface area contributed by atoms with Crippen molar-refractivity contribution in [3.8, 4) is 0 Å². The third-order valence-corrected chi connectivity index (χ3v) is 3.81. The van der Waals surface area contributed by atoms with Crippen molar-refractivity contribution >= 4 is 21.7 Å². The van der Waals surface area contributed by atoms with Crippen molar-refractivity contribution in [2.24, 2.45) is 0 Å². The fourth-order valence-electron chi connectivity index (χ4n) is 2.67. The minimum absolute atomic E-state index is 0.0413. The summed E-state index contributed by atoms with van der Waals surface area (Å²) in [5.41, 5.74) is 0.0704. The first-order valence-corrected chi connectivity index (χ1v) is 7.19. The molecule has 4 aromatic rings. The van der Waals surface area contributed by atoms with E-state index in [2.05, 4.69) is 5.10 Å². The molecule has 0 aliphatic rings. The maximum Gasteiger partial charge on any atom is 0.344 e. The van der Waals surface area contributed by atoms with Gasteiger partial charge in [-0.25, -0.2) is 9.48 Å². The first-order valence-electron chi connectivity index (χ1n) is 7.19. The van der Waals surface area contributed by atoms with E-state index in [9.17, 15) is 9.59 Å². The molecule has 0 atom stereocenters. The molecule has 112 valence electrons. The summed E-state index contributed by atoms with van der Waals surface area (Å²) in [6.07, 6.45) is 1.57. The Kier molecular flexibility index (Phi) is 3.05. The summed E-state index contributed by atoms with van der Waals surface area (Å²) in [6.45, 7) is 0.326. The van der Waals surface area contributed by atoms with Crippen molar-refractivity contribution in [3.05, 3.63) is 87.1 Å². The fourth-order valence-corrected chi connectivity index (χ4v) is 2.67. The van der Waals surface area contributed by atoms with E-state index in [1.807, 2.05) is 36.4 Å². The van der Waals surface area contributed by atoms with Crippen molar-refractivity contribution in [1.82, 2.24) is 9.78 Å². The molecule has 0 radical (unpaired) electrons. The Balaban J connectivity index is 1.97. The van der Waals surface area contributed by atoms with Crippen LogP contribution in [-0.2, 0) is 6.54 Å². The molecular formula is C18H12N2O3. The molecule has 2 aromatic carbocycles. The third-order valence-electron chi connectivity index (χ3n) is 3.81. The van der Waals surface area contributed by atoms with Crippen molar-refractivity contribution in [3.63, 3.8) is 0 Å². The predicted molar refractivity (Wildman–Crippen MR) is 87.6 cm³/mol. The second kappa shape index (κ2) is 5.21. The molecule has 0 saturated heterocycles. The monoisotopic (exact) mass is 304 g/mol. The molecule has 0 amide bonds. The van der Waals surface area contributed by atoms with Crippen molar-refractivity contribution < 1.29 is 4.42 Å². The van der Waals surface area contributed by atoms with E-state index in [-0.39, 0.29) is 5.58 Å². The molecule has 0 unspecified atom stereocenters. The number of benzene rings is 2. The van der Waals surface area contributed by atoms with Crippen molar-refractivity contribution in [2.45, 2.75) is 6.54 Å². The maximum absolute atomic E-state index is 12.6. The maximum atomic E-state index is 12.6. The largest absolute Gasteiger partial charge is 0.416 e. The molecule has 0 fully saturated rings. The lowest BCUT2D eigenvalue weighted by molar-refractivity contribution is 0.547.